The molecular weight excluding hydrogens is 434 g/mol. The largest absolute Gasteiger partial charge is 0.454 e. The van der Waals surface area contributed by atoms with E-state index in [2.05, 4.69) is 72.7 Å². The van der Waals surface area contributed by atoms with E-state index in [0.29, 0.717) is 22.3 Å². The lowest BCUT2D eigenvalue weighted by atomic mass is 10.0. The normalized spacial score (nSPS) is 12.1. The van der Waals surface area contributed by atoms with Crippen LogP contribution in [0.4, 0.5) is 5.69 Å². The molecule has 0 saturated heterocycles. The molecule has 166 valence electrons. The molecule has 0 bridgehead atoms. The van der Waals surface area contributed by atoms with Crippen LogP contribution in [0.15, 0.2) is 71.9 Å². The van der Waals surface area contributed by atoms with Crippen molar-refractivity contribution in [3.05, 3.63) is 77.9 Å². The van der Waals surface area contributed by atoms with Gasteiger partial charge in [0.1, 0.15) is 0 Å². The number of nitrogens with zero attached hydrogens (tertiary/aromatic N) is 1. The van der Waals surface area contributed by atoms with E-state index in [1.807, 2.05) is 0 Å². The van der Waals surface area contributed by atoms with Crippen molar-refractivity contribution in [2.75, 3.05) is 17.9 Å². The molecule has 4 aromatic rings. The van der Waals surface area contributed by atoms with Crippen LogP contribution < -0.4 is 14.8 Å². The Hall–Kier alpha value is -3.71. The fourth-order valence-electron chi connectivity index (χ4n) is 3.57. The number of hydrogen-bond donors (Lipinski definition) is 2. The highest BCUT2D eigenvalue weighted by Crippen LogP contribution is 2.35. The van der Waals surface area contributed by atoms with Crippen molar-refractivity contribution in [1.82, 2.24) is 9.97 Å². The van der Waals surface area contributed by atoms with Crippen molar-refractivity contribution in [3.63, 3.8) is 0 Å². The molecule has 3 aromatic carbocycles. The number of carbonyl (C=O) groups is 1. The molecule has 0 aliphatic carbocycles. The van der Waals surface area contributed by atoms with Crippen LogP contribution in [-0.2, 0) is 4.79 Å². The minimum Gasteiger partial charge on any atom is -0.454 e. The standard InChI is InChI=1S/C26H23N3O3S/c1-16-3-7-18(8-4-16)24-25(19-9-5-17(2)6-10-19)29-26(28-24)33-14-23(30)27-20-11-12-21-22(13-20)32-15-31-21/h3-13H,14-15H2,1-2H3,(H,27,30)(H,28,29). The second-order valence-electron chi connectivity index (χ2n) is 7.90. The first-order valence-corrected chi connectivity index (χ1v) is 11.6. The molecule has 6 nitrogen and oxygen atoms in total. The highest BCUT2D eigenvalue weighted by atomic mass is 32.2. The number of imidazole rings is 1. The van der Waals surface area contributed by atoms with Gasteiger partial charge >= 0.3 is 0 Å². The Morgan fingerprint density at radius 2 is 1.61 bits per heavy atom. The topological polar surface area (TPSA) is 76.2 Å². The SMILES string of the molecule is Cc1ccc(-c2nc(SCC(=O)Nc3ccc4c(c3)OCO4)[nH]c2-c2ccc(C)cc2)cc1. The first-order chi connectivity index (χ1) is 16.0. The van der Waals surface area contributed by atoms with Gasteiger partial charge in [-0.15, -0.1) is 0 Å². The molecule has 1 aliphatic heterocycles. The molecule has 33 heavy (non-hydrogen) atoms. The highest BCUT2D eigenvalue weighted by Gasteiger charge is 2.17. The Morgan fingerprint density at radius 1 is 0.939 bits per heavy atom. The number of fused-ring (bicyclic) bond motifs is 1. The van der Waals surface area contributed by atoms with Crippen molar-refractivity contribution < 1.29 is 14.3 Å². The van der Waals surface area contributed by atoms with Gasteiger partial charge in [-0.3, -0.25) is 4.79 Å². The summed E-state index contributed by atoms with van der Waals surface area (Å²) in [5.74, 6) is 1.43. The number of thioether (sulfide) groups is 1. The van der Waals surface area contributed by atoms with Crippen LogP contribution >= 0.6 is 11.8 Å². The number of amides is 1. The summed E-state index contributed by atoms with van der Waals surface area (Å²) in [6.45, 7) is 4.33. The average molecular weight is 458 g/mol. The zero-order valence-electron chi connectivity index (χ0n) is 18.3. The average Bonchev–Trinajstić information content (AvgIpc) is 3.46. The predicted octanol–water partition coefficient (Wildman–Crippen LogP) is 5.82. The van der Waals surface area contributed by atoms with E-state index in [4.69, 9.17) is 14.5 Å². The van der Waals surface area contributed by atoms with Gasteiger partial charge in [0.2, 0.25) is 12.7 Å². The Morgan fingerprint density at radius 3 is 2.33 bits per heavy atom. The van der Waals surface area contributed by atoms with Gasteiger partial charge in [-0.25, -0.2) is 4.98 Å². The zero-order chi connectivity index (χ0) is 22.8. The van der Waals surface area contributed by atoms with Gasteiger partial charge in [-0.1, -0.05) is 71.4 Å². The van der Waals surface area contributed by atoms with Crippen molar-refractivity contribution in [2.24, 2.45) is 0 Å². The lowest BCUT2D eigenvalue weighted by molar-refractivity contribution is -0.113. The number of aromatic amines is 1. The summed E-state index contributed by atoms with van der Waals surface area (Å²) in [5, 5.41) is 3.60. The Balaban J connectivity index is 1.34. The molecule has 0 spiro atoms. The second-order valence-corrected chi connectivity index (χ2v) is 8.87. The Bertz CT molecular complexity index is 1230. The van der Waals surface area contributed by atoms with E-state index in [0.717, 1.165) is 22.5 Å². The summed E-state index contributed by atoms with van der Waals surface area (Å²) in [6.07, 6.45) is 0. The number of carbonyl (C=O) groups excluding carboxylic acids is 1. The molecule has 5 rings (SSSR count). The van der Waals surface area contributed by atoms with Gasteiger partial charge in [0.15, 0.2) is 16.7 Å². The van der Waals surface area contributed by atoms with E-state index in [1.54, 1.807) is 18.2 Å². The van der Waals surface area contributed by atoms with E-state index in [-0.39, 0.29) is 18.5 Å². The maximum Gasteiger partial charge on any atom is 0.234 e. The fourth-order valence-corrected chi connectivity index (χ4v) is 4.24. The summed E-state index contributed by atoms with van der Waals surface area (Å²) >= 11 is 1.37. The number of rotatable bonds is 6. The molecule has 0 unspecified atom stereocenters. The summed E-state index contributed by atoms with van der Waals surface area (Å²) in [4.78, 5) is 20.8. The molecule has 0 saturated carbocycles. The van der Waals surface area contributed by atoms with Crippen molar-refractivity contribution in [3.8, 4) is 34.0 Å². The fraction of sp³-hybridized carbons (Fsp3) is 0.154. The predicted molar refractivity (Wildman–Crippen MR) is 131 cm³/mol. The number of anilines is 1. The Kier molecular flexibility index (Phi) is 5.79. The summed E-state index contributed by atoms with van der Waals surface area (Å²) in [6, 6.07) is 22.0. The van der Waals surface area contributed by atoms with Crippen LogP contribution in [0.5, 0.6) is 11.5 Å². The van der Waals surface area contributed by atoms with Crippen LogP contribution in [0.3, 0.4) is 0 Å². The number of aromatic nitrogens is 2. The number of H-pyrrole nitrogens is 1. The van der Waals surface area contributed by atoms with Crippen molar-refractivity contribution in [1.29, 1.82) is 0 Å². The molecule has 1 aliphatic rings. The maximum atomic E-state index is 12.5. The quantitative estimate of drug-likeness (QED) is 0.357. The first-order valence-electron chi connectivity index (χ1n) is 10.6. The van der Waals surface area contributed by atoms with Crippen LogP contribution in [0.25, 0.3) is 22.5 Å². The highest BCUT2D eigenvalue weighted by molar-refractivity contribution is 7.99. The van der Waals surface area contributed by atoms with Gasteiger partial charge in [0, 0.05) is 22.9 Å². The van der Waals surface area contributed by atoms with Crippen molar-refractivity contribution in [2.45, 2.75) is 19.0 Å². The van der Waals surface area contributed by atoms with Gasteiger partial charge < -0.3 is 19.8 Å². The van der Waals surface area contributed by atoms with E-state index in [1.165, 1.54) is 22.9 Å². The van der Waals surface area contributed by atoms with Crippen molar-refractivity contribution >= 4 is 23.4 Å². The minimum atomic E-state index is -0.121. The third-order valence-electron chi connectivity index (χ3n) is 5.34. The lowest BCUT2D eigenvalue weighted by Gasteiger charge is -2.05. The molecule has 0 radical (unpaired) electrons. The summed E-state index contributed by atoms with van der Waals surface area (Å²) < 4.78 is 10.7. The molecule has 2 heterocycles. The van der Waals surface area contributed by atoms with Gasteiger partial charge in [-0.2, -0.15) is 0 Å². The number of nitrogens with one attached hydrogen (secondary N) is 2. The van der Waals surface area contributed by atoms with E-state index >= 15 is 0 Å². The number of aryl methyl sites for hydroxylation is 2. The molecule has 1 amide bonds. The molecule has 1 aromatic heterocycles. The molecule has 0 fully saturated rings. The summed E-state index contributed by atoms with van der Waals surface area (Å²) in [5.41, 5.74) is 6.97. The zero-order valence-corrected chi connectivity index (χ0v) is 19.2. The van der Waals surface area contributed by atoms with E-state index in [9.17, 15) is 4.79 Å². The third-order valence-corrected chi connectivity index (χ3v) is 6.22. The molecule has 2 N–H and O–H groups in total. The summed E-state index contributed by atoms with van der Waals surface area (Å²) in [7, 11) is 0. The molecular formula is C26H23N3O3S. The van der Waals surface area contributed by atoms with Crippen LogP contribution in [-0.4, -0.2) is 28.4 Å². The molecule has 0 atom stereocenters. The number of ether oxygens (including phenoxy) is 2. The second kappa shape index (κ2) is 9.03. The third kappa shape index (κ3) is 4.73. The number of hydrogen-bond acceptors (Lipinski definition) is 5. The lowest BCUT2D eigenvalue weighted by Crippen LogP contribution is -2.14. The minimum absolute atomic E-state index is 0.121. The van der Waals surface area contributed by atoms with Gasteiger partial charge in [0.05, 0.1) is 17.1 Å². The maximum absolute atomic E-state index is 12.5. The van der Waals surface area contributed by atoms with Gasteiger partial charge in [-0.05, 0) is 26.0 Å². The van der Waals surface area contributed by atoms with Gasteiger partial charge in [0.25, 0.3) is 0 Å². The number of benzene rings is 3. The van der Waals surface area contributed by atoms with E-state index < -0.39 is 0 Å². The first kappa shape index (κ1) is 21.2. The smallest absolute Gasteiger partial charge is 0.234 e. The Labute approximate surface area is 196 Å². The van der Waals surface area contributed by atoms with Crippen LogP contribution in [0.1, 0.15) is 11.1 Å². The van der Waals surface area contributed by atoms with Crippen LogP contribution in [0, 0.1) is 13.8 Å². The van der Waals surface area contributed by atoms with Crippen LogP contribution in [0.2, 0.25) is 0 Å². The monoisotopic (exact) mass is 457 g/mol. The molecule has 7 heteroatoms.